The SMILES string of the molecule is COc1cccc(SCC(=O)NCC(C(=O)O)C2CCOCC2)c1. The monoisotopic (exact) mass is 353 g/mol. The lowest BCUT2D eigenvalue weighted by atomic mass is 9.86. The Hall–Kier alpha value is -1.73. The summed E-state index contributed by atoms with van der Waals surface area (Å²) in [6.07, 6.45) is 1.46. The Balaban J connectivity index is 1.79. The minimum atomic E-state index is -0.859. The van der Waals surface area contributed by atoms with E-state index >= 15 is 0 Å². The Morgan fingerprint density at radius 3 is 2.83 bits per heavy atom. The molecule has 1 aliphatic rings. The third kappa shape index (κ3) is 5.72. The van der Waals surface area contributed by atoms with Crippen LogP contribution in [0.15, 0.2) is 29.2 Å². The zero-order chi connectivity index (χ0) is 17.4. The molecular formula is C17H23NO5S. The second-order valence-corrected chi connectivity index (χ2v) is 6.72. The van der Waals surface area contributed by atoms with Crippen LogP contribution in [0.4, 0.5) is 0 Å². The molecule has 7 heteroatoms. The van der Waals surface area contributed by atoms with Crippen LogP contribution in [-0.2, 0) is 14.3 Å². The molecule has 0 aromatic heterocycles. The van der Waals surface area contributed by atoms with Gasteiger partial charge in [0.05, 0.1) is 18.8 Å². The van der Waals surface area contributed by atoms with Crippen molar-refractivity contribution in [1.82, 2.24) is 5.32 Å². The van der Waals surface area contributed by atoms with Crippen LogP contribution in [0.5, 0.6) is 5.75 Å². The number of thioether (sulfide) groups is 1. The maximum absolute atomic E-state index is 12.0. The minimum Gasteiger partial charge on any atom is -0.497 e. The van der Waals surface area contributed by atoms with Gasteiger partial charge in [0.1, 0.15) is 5.75 Å². The van der Waals surface area contributed by atoms with Crippen molar-refractivity contribution >= 4 is 23.6 Å². The molecule has 24 heavy (non-hydrogen) atoms. The average Bonchev–Trinajstić information content (AvgIpc) is 2.61. The number of amides is 1. The number of carbonyl (C=O) groups excluding carboxylic acids is 1. The Kier molecular flexibility index (Phi) is 7.39. The van der Waals surface area contributed by atoms with Crippen molar-refractivity contribution in [2.24, 2.45) is 11.8 Å². The summed E-state index contributed by atoms with van der Waals surface area (Å²) < 4.78 is 10.4. The molecular weight excluding hydrogens is 330 g/mol. The van der Waals surface area contributed by atoms with Gasteiger partial charge < -0.3 is 19.9 Å². The summed E-state index contributed by atoms with van der Waals surface area (Å²) in [5.74, 6) is -0.537. The van der Waals surface area contributed by atoms with Crippen molar-refractivity contribution in [2.45, 2.75) is 17.7 Å². The van der Waals surface area contributed by atoms with Crippen molar-refractivity contribution < 1.29 is 24.2 Å². The van der Waals surface area contributed by atoms with Crippen LogP contribution >= 0.6 is 11.8 Å². The summed E-state index contributed by atoms with van der Waals surface area (Å²) in [6, 6.07) is 7.47. The van der Waals surface area contributed by atoms with E-state index in [1.165, 1.54) is 11.8 Å². The Bertz CT molecular complexity index is 560. The molecule has 2 N–H and O–H groups in total. The molecule has 0 spiro atoms. The molecule has 1 heterocycles. The van der Waals surface area contributed by atoms with E-state index in [0.717, 1.165) is 23.5 Å². The van der Waals surface area contributed by atoms with Gasteiger partial charge in [0.25, 0.3) is 0 Å². The van der Waals surface area contributed by atoms with Gasteiger partial charge in [-0.25, -0.2) is 0 Å². The Morgan fingerprint density at radius 1 is 1.42 bits per heavy atom. The summed E-state index contributed by atoms with van der Waals surface area (Å²) >= 11 is 1.39. The van der Waals surface area contributed by atoms with Gasteiger partial charge in [-0.05, 0) is 37.0 Å². The highest BCUT2D eigenvalue weighted by atomic mass is 32.2. The number of methoxy groups -OCH3 is 1. The van der Waals surface area contributed by atoms with E-state index in [0.29, 0.717) is 13.2 Å². The zero-order valence-corrected chi connectivity index (χ0v) is 14.5. The van der Waals surface area contributed by atoms with E-state index in [9.17, 15) is 14.7 Å². The van der Waals surface area contributed by atoms with Crippen LogP contribution in [0.1, 0.15) is 12.8 Å². The highest BCUT2D eigenvalue weighted by molar-refractivity contribution is 8.00. The lowest BCUT2D eigenvalue weighted by Gasteiger charge is -2.27. The summed E-state index contributed by atoms with van der Waals surface area (Å²) in [6.45, 7) is 1.35. The maximum atomic E-state index is 12.0. The number of carboxylic acids is 1. The number of hydrogen-bond acceptors (Lipinski definition) is 5. The van der Waals surface area contributed by atoms with Crippen LogP contribution < -0.4 is 10.1 Å². The van der Waals surface area contributed by atoms with Crippen molar-refractivity contribution in [2.75, 3.05) is 32.6 Å². The minimum absolute atomic E-state index is 0.0580. The first kappa shape index (κ1) is 18.6. The topological polar surface area (TPSA) is 84.9 Å². The van der Waals surface area contributed by atoms with E-state index < -0.39 is 11.9 Å². The zero-order valence-electron chi connectivity index (χ0n) is 13.7. The Labute approximate surface area is 145 Å². The predicted octanol–water partition coefficient (Wildman–Crippen LogP) is 2.03. The van der Waals surface area contributed by atoms with Gasteiger partial charge in [-0.15, -0.1) is 11.8 Å². The fourth-order valence-electron chi connectivity index (χ4n) is 2.69. The van der Waals surface area contributed by atoms with Crippen molar-refractivity contribution in [1.29, 1.82) is 0 Å². The molecule has 1 unspecified atom stereocenters. The van der Waals surface area contributed by atoms with Gasteiger partial charge in [-0.1, -0.05) is 6.07 Å². The first-order valence-electron chi connectivity index (χ1n) is 7.94. The van der Waals surface area contributed by atoms with Crippen LogP contribution in [0.3, 0.4) is 0 Å². The second kappa shape index (κ2) is 9.54. The summed E-state index contributed by atoms with van der Waals surface area (Å²) in [4.78, 5) is 24.4. The summed E-state index contributed by atoms with van der Waals surface area (Å²) in [7, 11) is 1.60. The molecule has 132 valence electrons. The largest absolute Gasteiger partial charge is 0.497 e. The number of aliphatic carboxylic acids is 1. The van der Waals surface area contributed by atoms with Crippen LogP contribution in [0.25, 0.3) is 0 Å². The smallest absolute Gasteiger partial charge is 0.308 e. The van der Waals surface area contributed by atoms with Crippen molar-refractivity contribution in [3.05, 3.63) is 24.3 Å². The average molecular weight is 353 g/mol. The molecule has 1 aromatic carbocycles. The molecule has 1 aromatic rings. The van der Waals surface area contributed by atoms with Crippen LogP contribution in [-0.4, -0.2) is 49.6 Å². The normalized spacial score (nSPS) is 16.4. The third-order valence-corrected chi connectivity index (χ3v) is 5.08. The number of hydrogen-bond donors (Lipinski definition) is 2. The molecule has 1 aliphatic heterocycles. The number of nitrogens with one attached hydrogen (secondary N) is 1. The lowest BCUT2D eigenvalue weighted by molar-refractivity contribution is -0.144. The third-order valence-electron chi connectivity index (χ3n) is 4.08. The number of carboxylic acid groups (broad SMARTS) is 1. The molecule has 1 saturated heterocycles. The van der Waals surface area contributed by atoms with Crippen molar-refractivity contribution in [3.63, 3.8) is 0 Å². The number of rotatable bonds is 8. The number of benzene rings is 1. The fourth-order valence-corrected chi connectivity index (χ4v) is 3.46. The van der Waals surface area contributed by atoms with E-state index in [4.69, 9.17) is 9.47 Å². The molecule has 0 bridgehead atoms. The van der Waals surface area contributed by atoms with Crippen LogP contribution in [0.2, 0.25) is 0 Å². The molecule has 2 rings (SSSR count). The maximum Gasteiger partial charge on any atom is 0.308 e. The molecule has 0 radical (unpaired) electrons. The van der Waals surface area contributed by atoms with Gasteiger partial charge in [0, 0.05) is 24.7 Å². The van der Waals surface area contributed by atoms with Gasteiger partial charge in [0.2, 0.25) is 5.91 Å². The number of carbonyl (C=O) groups is 2. The van der Waals surface area contributed by atoms with E-state index in [2.05, 4.69) is 5.32 Å². The predicted molar refractivity (Wildman–Crippen MR) is 91.4 cm³/mol. The number of ether oxygens (including phenoxy) is 2. The van der Waals surface area contributed by atoms with Gasteiger partial charge in [0.15, 0.2) is 0 Å². The molecule has 1 atom stereocenters. The molecule has 1 fully saturated rings. The summed E-state index contributed by atoms with van der Waals surface area (Å²) in [5.41, 5.74) is 0. The van der Waals surface area contributed by atoms with Gasteiger partial charge in [-0.3, -0.25) is 9.59 Å². The van der Waals surface area contributed by atoms with Gasteiger partial charge in [-0.2, -0.15) is 0 Å². The molecule has 0 aliphatic carbocycles. The van der Waals surface area contributed by atoms with E-state index in [-0.39, 0.29) is 24.1 Å². The standard InChI is InChI=1S/C17H23NO5S/c1-22-13-3-2-4-14(9-13)24-11-16(19)18-10-15(17(20)21)12-5-7-23-8-6-12/h2-4,9,12,15H,5-8,10-11H2,1H3,(H,18,19)(H,20,21). The Morgan fingerprint density at radius 2 is 2.17 bits per heavy atom. The van der Waals surface area contributed by atoms with Crippen LogP contribution in [0, 0.1) is 11.8 Å². The lowest BCUT2D eigenvalue weighted by Crippen LogP contribution is -2.39. The van der Waals surface area contributed by atoms with Crippen molar-refractivity contribution in [3.8, 4) is 5.75 Å². The highest BCUT2D eigenvalue weighted by Gasteiger charge is 2.29. The summed E-state index contributed by atoms with van der Waals surface area (Å²) in [5, 5.41) is 12.1. The fraction of sp³-hybridized carbons (Fsp3) is 0.529. The molecule has 6 nitrogen and oxygen atoms in total. The van der Waals surface area contributed by atoms with E-state index in [1.807, 2.05) is 24.3 Å². The second-order valence-electron chi connectivity index (χ2n) is 5.67. The van der Waals surface area contributed by atoms with E-state index in [1.54, 1.807) is 7.11 Å². The highest BCUT2D eigenvalue weighted by Crippen LogP contribution is 2.24. The first-order chi connectivity index (χ1) is 11.6. The molecule has 0 saturated carbocycles. The van der Waals surface area contributed by atoms with Gasteiger partial charge >= 0.3 is 5.97 Å². The quantitative estimate of drug-likeness (QED) is 0.696. The molecule has 1 amide bonds. The first-order valence-corrected chi connectivity index (χ1v) is 8.93.